The number of nitrogens with one attached hydrogen (secondary N) is 2. The number of hydrogen-bond acceptors (Lipinski definition) is 4. The first-order chi connectivity index (χ1) is 12.9. The van der Waals surface area contributed by atoms with Crippen molar-refractivity contribution in [2.75, 3.05) is 5.32 Å². The van der Waals surface area contributed by atoms with Gasteiger partial charge in [-0.3, -0.25) is 4.79 Å². The number of nitrogens with zero attached hydrogens (tertiary/aromatic N) is 1. The topological polar surface area (TPSA) is 101 Å². The number of benzene rings is 1. The number of carboxylic acids is 1. The van der Waals surface area contributed by atoms with Crippen LogP contribution < -0.4 is 15.4 Å². The van der Waals surface area contributed by atoms with Crippen LogP contribution in [0.2, 0.25) is 0 Å². The summed E-state index contributed by atoms with van der Waals surface area (Å²) < 4.78 is 28.3. The number of halogens is 2. The fraction of sp³-hybridized carbons (Fsp3) is 0.278. The van der Waals surface area contributed by atoms with Crippen molar-refractivity contribution < 1.29 is 28.2 Å². The summed E-state index contributed by atoms with van der Waals surface area (Å²) in [6, 6.07) is 11.0. The van der Waals surface area contributed by atoms with Gasteiger partial charge < -0.3 is 20.5 Å². The standard InChI is InChI=1S/C18H19F2N3O4/c19-17(20)27-15-8-6-14(11-21-15)23-18(26)22-13(7-9-16(24)25)10-12-4-2-1-3-5-12/h1-6,8,11,13,17H,7,9-10H2,(H,24,25)(H2,22,23,26). The lowest BCUT2D eigenvalue weighted by Gasteiger charge is -2.18. The third-order valence-electron chi connectivity index (χ3n) is 3.57. The molecule has 0 saturated carbocycles. The molecule has 0 saturated heterocycles. The zero-order chi connectivity index (χ0) is 19.6. The molecule has 1 unspecified atom stereocenters. The smallest absolute Gasteiger partial charge is 0.388 e. The number of alkyl halides is 2. The quantitative estimate of drug-likeness (QED) is 0.621. The van der Waals surface area contributed by atoms with Gasteiger partial charge in [-0.2, -0.15) is 8.78 Å². The van der Waals surface area contributed by atoms with Gasteiger partial charge >= 0.3 is 18.6 Å². The van der Waals surface area contributed by atoms with Gasteiger partial charge in [-0.25, -0.2) is 9.78 Å². The summed E-state index contributed by atoms with van der Waals surface area (Å²) in [4.78, 5) is 26.7. The molecule has 3 N–H and O–H groups in total. The van der Waals surface area contributed by atoms with Gasteiger partial charge in [0.05, 0.1) is 11.9 Å². The Morgan fingerprint density at radius 1 is 1.15 bits per heavy atom. The minimum atomic E-state index is -2.98. The van der Waals surface area contributed by atoms with Crippen LogP contribution in [0.1, 0.15) is 18.4 Å². The first-order valence-corrected chi connectivity index (χ1v) is 8.16. The number of rotatable bonds is 9. The number of carboxylic acid groups (broad SMARTS) is 1. The molecule has 2 aromatic rings. The Hall–Kier alpha value is -3.23. The van der Waals surface area contributed by atoms with E-state index in [0.717, 1.165) is 5.56 Å². The van der Waals surface area contributed by atoms with Gasteiger partial charge in [-0.15, -0.1) is 0 Å². The van der Waals surface area contributed by atoms with E-state index in [9.17, 15) is 18.4 Å². The van der Waals surface area contributed by atoms with Gasteiger partial charge in [0.25, 0.3) is 0 Å². The number of carbonyl (C=O) groups excluding carboxylic acids is 1. The molecule has 7 nitrogen and oxygen atoms in total. The number of urea groups is 1. The maximum absolute atomic E-state index is 12.2. The third kappa shape index (κ3) is 7.68. The number of aromatic nitrogens is 1. The Morgan fingerprint density at radius 3 is 2.48 bits per heavy atom. The van der Waals surface area contributed by atoms with Crippen LogP contribution in [0.3, 0.4) is 0 Å². The molecule has 1 atom stereocenters. The second kappa shape index (κ2) is 10.0. The van der Waals surface area contributed by atoms with Crippen molar-refractivity contribution in [3.63, 3.8) is 0 Å². The van der Waals surface area contributed by atoms with Crippen molar-refractivity contribution in [3.05, 3.63) is 54.2 Å². The second-order valence-corrected chi connectivity index (χ2v) is 5.68. The van der Waals surface area contributed by atoms with Crippen LogP contribution in [0.4, 0.5) is 19.3 Å². The number of hydrogen-bond donors (Lipinski definition) is 3. The summed E-state index contributed by atoms with van der Waals surface area (Å²) in [5.74, 6) is -1.21. The van der Waals surface area contributed by atoms with Crippen LogP contribution in [0.5, 0.6) is 5.88 Å². The minimum absolute atomic E-state index is 0.0843. The van der Waals surface area contributed by atoms with Crippen molar-refractivity contribution in [2.45, 2.75) is 31.9 Å². The summed E-state index contributed by atoms with van der Waals surface area (Å²) in [5, 5.41) is 14.1. The van der Waals surface area contributed by atoms with E-state index in [0.29, 0.717) is 6.42 Å². The maximum Gasteiger partial charge on any atom is 0.388 e. The predicted octanol–water partition coefficient (Wildman–Crippen LogP) is 3.28. The highest BCUT2D eigenvalue weighted by molar-refractivity contribution is 5.89. The van der Waals surface area contributed by atoms with Crippen LogP contribution in [0, 0.1) is 0 Å². The van der Waals surface area contributed by atoms with E-state index in [-0.39, 0.29) is 24.4 Å². The average Bonchev–Trinajstić information content (AvgIpc) is 2.62. The van der Waals surface area contributed by atoms with Crippen molar-refractivity contribution >= 4 is 17.7 Å². The molecule has 0 aliphatic heterocycles. The molecular formula is C18H19F2N3O4. The van der Waals surface area contributed by atoms with E-state index in [1.54, 1.807) is 0 Å². The predicted molar refractivity (Wildman–Crippen MR) is 93.8 cm³/mol. The van der Waals surface area contributed by atoms with Gasteiger partial charge in [-0.05, 0) is 24.5 Å². The molecule has 27 heavy (non-hydrogen) atoms. The SMILES string of the molecule is O=C(O)CCC(Cc1ccccc1)NC(=O)Nc1ccc(OC(F)F)nc1. The molecule has 1 heterocycles. The first-order valence-electron chi connectivity index (χ1n) is 8.16. The van der Waals surface area contributed by atoms with E-state index in [4.69, 9.17) is 5.11 Å². The van der Waals surface area contributed by atoms with Crippen molar-refractivity contribution in [1.29, 1.82) is 0 Å². The Balaban J connectivity index is 1.94. The fourth-order valence-corrected chi connectivity index (χ4v) is 2.39. The molecule has 0 spiro atoms. The Bertz CT molecular complexity index is 742. The van der Waals surface area contributed by atoms with E-state index in [1.807, 2.05) is 30.3 Å². The molecule has 1 aromatic carbocycles. The van der Waals surface area contributed by atoms with Gasteiger partial charge in [0, 0.05) is 18.5 Å². The highest BCUT2D eigenvalue weighted by atomic mass is 19.3. The highest BCUT2D eigenvalue weighted by Crippen LogP contribution is 2.14. The van der Waals surface area contributed by atoms with Crippen molar-refractivity contribution in [3.8, 4) is 5.88 Å². The number of aliphatic carboxylic acids is 1. The monoisotopic (exact) mass is 379 g/mol. The minimum Gasteiger partial charge on any atom is -0.481 e. The fourth-order valence-electron chi connectivity index (χ4n) is 2.39. The molecule has 1 aromatic heterocycles. The molecule has 0 aliphatic rings. The summed E-state index contributed by atoms with van der Waals surface area (Å²) in [7, 11) is 0. The zero-order valence-electron chi connectivity index (χ0n) is 14.3. The van der Waals surface area contributed by atoms with E-state index in [2.05, 4.69) is 20.4 Å². The van der Waals surface area contributed by atoms with Gasteiger partial charge in [0.1, 0.15) is 0 Å². The number of pyridine rings is 1. The first kappa shape index (κ1) is 20.1. The lowest BCUT2D eigenvalue weighted by atomic mass is 10.0. The number of anilines is 1. The van der Waals surface area contributed by atoms with Crippen molar-refractivity contribution in [2.24, 2.45) is 0 Å². The Kier molecular flexibility index (Phi) is 7.48. The molecule has 0 radical (unpaired) electrons. The molecular weight excluding hydrogens is 360 g/mol. The van der Waals surface area contributed by atoms with Gasteiger partial charge in [0.2, 0.25) is 5.88 Å². The zero-order valence-corrected chi connectivity index (χ0v) is 14.3. The Labute approximate surface area is 154 Å². The second-order valence-electron chi connectivity index (χ2n) is 5.68. The van der Waals surface area contributed by atoms with Crippen LogP contribution in [-0.2, 0) is 11.2 Å². The lowest BCUT2D eigenvalue weighted by molar-refractivity contribution is -0.137. The molecule has 2 rings (SSSR count). The molecule has 144 valence electrons. The van der Waals surface area contributed by atoms with Crippen LogP contribution in [0.25, 0.3) is 0 Å². The molecule has 9 heteroatoms. The number of amides is 2. The lowest BCUT2D eigenvalue weighted by Crippen LogP contribution is -2.39. The van der Waals surface area contributed by atoms with Crippen molar-refractivity contribution in [1.82, 2.24) is 10.3 Å². The van der Waals surface area contributed by atoms with Crippen LogP contribution in [0.15, 0.2) is 48.7 Å². The van der Waals surface area contributed by atoms with Gasteiger partial charge in [0.15, 0.2) is 0 Å². The van der Waals surface area contributed by atoms with Crippen LogP contribution in [-0.4, -0.2) is 34.7 Å². The normalized spacial score (nSPS) is 11.7. The summed E-state index contributed by atoms with van der Waals surface area (Å²) in [5.41, 5.74) is 1.24. The average molecular weight is 379 g/mol. The Morgan fingerprint density at radius 2 is 1.89 bits per heavy atom. The number of carbonyl (C=O) groups is 2. The molecule has 0 fully saturated rings. The van der Waals surface area contributed by atoms with E-state index < -0.39 is 24.7 Å². The number of ether oxygens (including phenoxy) is 1. The highest BCUT2D eigenvalue weighted by Gasteiger charge is 2.15. The van der Waals surface area contributed by atoms with E-state index in [1.165, 1.54) is 18.3 Å². The summed E-state index contributed by atoms with van der Waals surface area (Å²) in [6.07, 6.45) is 1.83. The van der Waals surface area contributed by atoms with Crippen LogP contribution >= 0.6 is 0 Å². The molecule has 0 bridgehead atoms. The third-order valence-corrected chi connectivity index (χ3v) is 3.57. The van der Waals surface area contributed by atoms with Gasteiger partial charge in [-0.1, -0.05) is 30.3 Å². The van der Waals surface area contributed by atoms with E-state index >= 15 is 0 Å². The molecule has 0 aliphatic carbocycles. The molecule has 2 amide bonds. The maximum atomic E-state index is 12.2. The summed E-state index contributed by atoms with van der Waals surface area (Å²) >= 11 is 0. The largest absolute Gasteiger partial charge is 0.481 e. The summed E-state index contributed by atoms with van der Waals surface area (Å²) in [6.45, 7) is -2.98.